The van der Waals surface area contributed by atoms with E-state index >= 15 is 4.39 Å². The van der Waals surface area contributed by atoms with Crippen LogP contribution >= 0.6 is 0 Å². The van der Waals surface area contributed by atoms with Gasteiger partial charge in [-0.05, 0) is 56.2 Å². The zero-order chi connectivity index (χ0) is 25.3. The van der Waals surface area contributed by atoms with Gasteiger partial charge in [0, 0.05) is 38.7 Å². The summed E-state index contributed by atoms with van der Waals surface area (Å²) in [5.41, 5.74) is 6.80. The Morgan fingerprint density at radius 3 is 2.53 bits per heavy atom. The minimum Gasteiger partial charge on any atom is -0.326 e. The summed E-state index contributed by atoms with van der Waals surface area (Å²) < 4.78 is 35.4. The highest BCUT2D eigenvalue weighted by molar-refractivity contribution is 5.85. The first kappa shape index (κ1) is 22.6. The maximum absolute atomic E-state index is 15.5. The Balaban J connectivity index is 1.58. The van der Waals surface area contributed by atoms with Crippen molar-refractivity contribution in [1.29, 1.82) is 0 Å². The monoisotopic (exact) mass is 487 g/mol. The molecule has 0 radical (unpaired) electrons. The molecule has 0 fully saturated rings. The third-order valence-corrected chi connectivity index (χ3v) is 7.25. The van der Waals surface area contributed by atoms with Crippen LogP contribution in [0.3, 0.4) is 0 Å². The maximum atomic E-state index is 15.5. The third kappa shape index (κ3) is 3.22. The van der Waals surface area contributed by atoms with Gasteiger partial charge in [-0.3, -0.25) is 4.68 Å². The van der Waals surface area contributed by atoms with Gasteiger partial charge in [0.1, 0.15) is 17.5 Å². The fourth-order valence-electron chi connectivity index (χ4n) is 5.35. The summed E-state index contributed by atoms with van der Waals surface area (Å²) in [7, 11) is 3.68. The molecule has 0 spiro atoms. The number of nitrogens with one attached hydrogen (secondary N) is 1. The quantitative estimate of drug-likeness (QED) is 0.392. The molecule has 0 aliphatic carbocycles. The van der Waals surface area contributed by atoms with E-state index in [0.29, 0.717) is 27.9 Å². The van der Waals surface area contributed by atoms with Crippen LogP contribution in [0.5, 0.6) is 0 Å². The molecule has 1 N–H and O–H groups in total. The smallest absolute Gasteiger partial charge is 0.145 e. The molecule has 3 aromatic heterocycles. The molecule has 7 nitrogen and oxygen atoms in total. The van der Waals surface area contributed by atoms with Crippen LogP contribution in [0.1, 0.15) is 35.3 Å². The SMILES string of the molecule is Cc1cc(-n2nc3c(c2-c2cnc(-c4ccc5c(cnn5C)c4F)n2C)[C@H](C)NCC3)cc(C)c1F. The number of hydrogen-bond acceptors (Lipinski definition) is 4. The van der Waals surface area contributed by atoms with Gasteiger partial charge in [-0.1, -0.05) is 0 Å². The van der Waals surface area contributed by atoms with Gasteiger partial charge in [-0.2, -0.15) is 10.2 Å². The van der Waals surface area contributed by atoms with E-state index in [2.05, 4.69) is 22.3 Å². The van der Waals surface area contributed by atoms with E-state index in [9.17, 15) is 4.39 Å². The van der Waals surface area contributed by atoms with Gasteiger partial charge in [-0.25, -0.2) is 18.4 Å². The van der Waals surface area contributed by atoms with Crippen LogP contribution in [-0.2, 0) is 20.5 Å². The predicted octanol–water partition coefficient (Wildman–Crippen LogP) is 4.93. The Labute approximate surface area is 207 Å². The molecule has 0 bridgehead atoms. The summed E-state index contributed by atoms with van der Waals surface area (Å²) in [4.78, 5) is 4.65. The third-order valence-electron chi connectivity index (χ3n) is 7.25. The Morgan fingerprint density at radius 2 is 1.78 bits per heavy atom. The number of aryl methyl sites for hydroxylation is 3. The van der Waals surface area contributed by atoms with Gasteiger partial charge in [0.2, 0.25) is 0 Å². The van der Waals surface area contributed by atoms with Gasteiger partial charge >= 0.3 is 0 Å². The van der Waals surface area contributed by atoms with Crippen molar-refractivity contribution in [2.24, 2.45) is 14.1 Å². The van der Waals surface area contributed by atoms with Crippen LogP contribution in [0.15, 0.2) is 36.7 Å². The molecule has 0 unspecified atom stereocenters. The summed E-state index contributed by atoms with van der Waals surface area (Å²) in [6.07, 6.45) is 4.09. The van der Waals surface area contributed by atoms with Crippen LogP contribution in [-0.4, -0.2) is 35.7 Å². The van der Waals surface area contributed by atoms with Gasteiger partial charge in [-0.15, -0.1) is 0 Å². The van der Waals surface area contributed by atoms with Crippen LogP contribution < -0.4 is 5.32 Å². The van der Waals surface area contributed by atoms with Crippen LogP contribution in [0.4, 0.5) is 8.78 Å². The molecule has 0 saturated heterocycles. The van der Waals surface area contributed by atoms with Crippen molar-refractivity contribution in [3.63, 3.8) is 0 Å². The highest BCUT2D eigenvalue weighted by atomic mass is 19.1. The summed E-state index contributed by atoms with van der Waals surface area (Å²) >= 11 is 0. The van der Waals surface area contributed by atoms with Crippen molar-refractivity contribution >= 4 is 10.9 Å². The number of nitrogens with zero attached hydrogens (tertiary/aromatic N) is 6. The molecule has 4 heterocycles. The van der Waals surface area contributed by atoms with Crippen molar-refractivity contribution < 1.29 is 8.78 Å². The number of hydrogen-bond donors (Lipinski definition) is 1. The molecule has 1 aliphatic rings. The first-order chi connectivity index (χ1) is 17.3. The lowest BCUT2D eigenvalue weighted by atomic mass is 9.98. The number of aromatic nitrogens is 6. The first-order valence-electron chi connectivity index (χ1n) is 12.0. The zero-order valence-corrected chi connectivity index (χ0v) is 20.9. The Morgan fingerprint density at radius 1 is 1.03 bits per heavy atom. The second-order valence-electron chi connectivity index (χ2n) is 9.59. The maximum Gasteiger partial charge on any atom is 0.145 e. The Kier molecular flexibility index (Phi) is 5.08. The molecule has 6 rings (SSSR count). The van der Waals surface area contributed by atoms with Crippen LogP contribution in [0, 0.1) is 25.5 Å². The summed E-state index contributed by atoms with van der Waals surface area (Å²) in [5.74, 6) is -0.0507. The average molecular weight is 488 g/mol. The van der Waals surface area contributed by atoms with Crippen molar-refractivity contribution in [1.82, 2.24) is 34.4 Å². The first-order valence-corrected chi connectivity index (χ1v) is 12.0. The van der Waals surface area contributed by atoms with E-state index in [4.69, 9.17) is 5.10 Å². The van der Waals surface area contributed by atoms with E-state index in [1.807, 2.05) is 34.5 Å². The standard InChI is InChI=1S/C27H27F2N7/c1-14-10-17(11-15(2)24(14)28)36-26(23-16(3)30-9-8-20(23)33-36)22-13-31-27(34(22)4)18-6-7-21-19(25(18)29)12-32-35(21)5/h6-7,10-13,16,30H,8-9H2,1-5H3/t16-/m0/s1. The van der Waals surface area contributed by atoms with Crippen LogP contribution in [0.2, 0.25) is 0 Å². The fourth-order valence-corrected chi connectivity index (χ4v) is 5.35. The normalized spacial score (nSPS) is 15.6. The van der Waals surface area contributed by atoms with Crippen molar-refractivity contribution in [2.45, 2.75) is 33.2 Å². The lowest BCUT2D eigenvalue weighted by molar-refractivity contribution is 0.538. The molecule has 184 valence electrons. The number of rotatable bonds is 3. The minimum absolute atomic E-state index is 0.0713. The number of halogens is 2. The van der Waals surface area contributed by atoms with E-state index in [1.54, 1.807) is 37.8 Å². The van der Waals surface area contributed by atoms with E-state index < -0.39 is 0 Å². The molecule has 1 atom stereocenters. The van der Waals surface area contributed by atoms with Crippen molar-refractivity contribution in [3.05, 3.63) is 70.7 Å². The van der Waals surface area contributed by atoms with Crippen molar-refractivity contribution in [2.75, 3.05) is 6.54 Å². The lowest BCUT2D eigenvalue weighted by Gasteiger charge is -2.21. The molecule has 0 amide bonds. The second-order valence-corrected chi connectivity index (χ2v) is 9.59. The lowest BCUT2D eigenvalue weighted by Crippen LogP contribution is -2.27. The Bertz CT molecular complexity index is 1630. The number of benzene rings is 2. The fraction of sp³-hybridized carbons (Fsp3) is 0.296. The van der Waals surface area contributed by atoms with Crippen molar-refractivity contribution in [3.8, 4) is 28.5 Å². The van der Waals surface area contributed by atoms with E-state index in [0.717, 1.165) is 46.8 Å². The summed E-state index contributed by atoms with van der Waals surface area (Å²) in [5, 5.41) is 13.1. The average Bonchev–Trinajstić information content (AvgIpc) is 3.53. The summed E-state index contributed by atoms with van der Waals surface area (Å²) in [6.45, 7) is 6.47. The molecule has 36 heavy (non-hydrogen) atoms. The van der Waals surface area contributed by atoms with E-state index in [-0.39, 0.29) is 17.7 Å². The minimum atomic E-state index is -0.351. The predicted molar refractivity (Wildman–Crippen MR) is 135 cm³/mol. The molecule has 1 aliphatic heterocycles. The topological polar surface area (TPSA) is 65.5 Å². The molecular formula is C27H27F2N7. The summed E-state index contributed by atoms with van der Waals surface area (Å²) in [6, 6.07) is 7.31. The zero-order valence-electron chi connectivity index (χ0n) is 20.9. The Hall–Kier alpha value is -3.85. The highest BCUT2D eigenvalue weighted by Gasteiger charge is 2.30. The molecule has 5 aromatic rings. The number of imidazole rings is 1. The largest absolute Gasteiger partial charge is 0.326 e. The second kappa shape index (κ2) is 8.09. The van der Waals surface area contributed by atoms with Gasteiger partial charge < -0.3 is 9.88 Å². The van der Waals surface area contributed by atoms with Gasteiger partial charge in [0.05, 0.1) is 51.6 Å². The van der Waals surface area contributed by atoms with Gasteiger partial charge in [0.25, 0.3) is 0 Å². The molecule has 9 heteroatoms. The van der Waals surface area contributed by atoms with Crippen LogP contribution in [0.25, 0.3) is 39.4 Å². The van der Waals surface area contributed by atoms with E-state index in [1.165, 1.54) is 6.20 Å². The molecule has 0 saturated carbocycles. The molecule has 2 aromatic carbocycles. The van der Waals surface area contributed by atoms with Gasteiger partial charge in [0.15, 0.2) is 0 Å². The number of fused-ring (bicyclic) bond motifs is 2. The molecular weight excluding hydrogens is 460 g/mol. The highest BCUT2D eigenvalue weighted by Crippen LogP contribution is 2.38.